The molecule has 0 saturated heterocycles. The van der Waals surface area contributed by atoms with Gasteiger partial charge in [0.05, 0.1) is 12.1 Å². The van der Waals surface area contributed by atoms with Gasteiger partial charge in [-0.2, -0.15) is 0 Å². The number of nitrogens with two attached hydrogens (primary N) is 1. The van der Waals surface area contributed by atoms with Crippen molar-refractivity contribution in [1.82, 2.24) is 9.97 Å². The Bertz CT molecular complexity index is 1010. The number of anilines is 2. The van der Waals surface area contributed by atoms with Gasteiger partial charge in [0.2, 0.25) is 5.91 Å². The van der Waals surface area contributed by atoms with Crippen LogP contribution in [0.15, 0.2) is 54.6 Å². The smallest absolute Gasteiger partial charge is 0.267 e. The number of para-hydroxylation sites is 1. The van der Waals surface area contributed by atoms with Gasteiger partial charge in [0.25, 0.3) is 5.91 Å². The van der Waals surface area contributed by atoms with E-state index in [1.165, 1.54) is 4.90 Å². The van der Waals surface area contributed by atoms with Crippen LogP contribution in [0.3, 0.4) is 0 Å². The van der Waals surface area contributed by atoms with Crippen LogP contribution in [0.2, 0.25) is 0 Å². The molecule has 1 aliphatic heterocycles. The predicted molar refractivity (Wildman–Crippen MR) is 98.0 cm³/mol. The van der Waals surface area contributed by atoms with E-state index < -0.39 is 5.91 Å². The van der Waals surface area contributed by atoms with Crippen LogP contribution in [0.25, 0.3) is 11.4 Å². The van der Waals surface area contributed by atoms with Crippen LogP contribution in [0.1, 0.15) is 21.6 Å². The molecule has 0 aliphatic carbocycles. The summed E-state index contributed by atoms with van der Waals surface area (Å²) in [6, 6.07) is 16.9. The van der Waals surface area contributed by atoms with Gasteiger partial charge in [-0.05, 0) is 19.1 Å². The van der Waals surface area contributed by atoms with Gasteiger partial charge in [-0.3, -0.25) is 14.5 Å². The van der Waals surface area contributed by atoms with Crippen molar-refractivity contribution in [3.05, 3.63) is 71.4 Å². The number of carbonyl (C=O) groups excluding carboxylic acids is 2. The number of aromatic nitrogens is 2. The first-order chi connectivity index (χ1) is 12.5. The Hall–Kier alpha value is -3.54. The van der Waals surface area contributed by atoms with E-state index in [9.17, 15) is 9.59 Å². The van der Waals surface area contributed by atoms with Gasteiger partial charge in [0, 0.05) is 11.1 Å². The fourth-order valence-electron chi connectivity index (χ4n) is 3.05. The van der Waals surface area contributed by atoms with E-state index in [2.05, 4.69) is 9.97 Å². The minimum atomic E-state index is -0.667. The minimum absolute atomic E-state index is 0.0523. The average molecular weight is 344 g/mol. The molecule has 4 rings (SSSR count). The maximum atomic E-state index is 12.6. The quantitative estimate of drug-likeness (QED) is 0.791. The van der Waals surface area contributed by atoms with Crippen molar-refractivity contribution in [2.24, 2.45) is 5.73 Å². The van der Waals surface area contributed by atoms with Gasteiger partial charge in [-0.15, -0.1) is 0 Å². The number of rotatable bonds is 3. The zero-order chi connectivity index (χ0) is 18.3. The summed E-state index contributed by atoms with van der Waals surface area (Å²) in [5.74, 6) is -0.0439. The van der Waals surface area contributed by atoms with Crippen LogP contribution in [0.5, 0.6) is 0 Å². The van der Waals surface area contributed by atoms with Gasteiger partial charge in [0.1, 0.15) is 11.5 Å². The number of aryl methyl sites for hydroxylation is 1. The SMILES string of the molecule is Cc1ccc(-c2nc(C(N)=O)c3c(n2)N(c2ccccc2)C(=O)C3)cc1. The highest BCUT2D eigenvalue weighted by atomic mass is 16.2. The number of benzene rings is 2. The molecular weight excluding hydrogens is 328 g/mol. The topological polar surface area (TPSA) is 89.2 Å². The zero-order valence-corrected chi connectivity index (χ0v) is 14.1. The molecule has 0 bridgehead atoms. The van der Waals surface area contributed by atoms with E-state index in [0.29, 0.717) is 22.9 Å². The van der Waals surface area contributed by atoms with Gasteiger partial charge in [-0.25, -0.2) is 9.97 Å². The maximum Gasteiger partial charge on any atom is 0.267 e. The van der Waals surface area contributed by atoms with E-state index in [1.807, 2.05) is 61.5 Å². The summed E-state index contributed by atoms with van der Waals surface area (Å²) in [5, 5.41) is 0. The highest BCUT2D eigenvalue weighted by Gasteiger charge is 2.34. The zero-order valence-electron chi connectivity index (χ0n) is 14.1. The third kappa shape index (κ3) is 2.61. The molecule has 0 fully saturated rings. The maximum absolute atomic E-state index is 12.6. The summed E-state index contributed by atoms with van der Waals surface area (Å²) >= 11 is 0. The molecular formula is C20H16N4O2. The number of carbonyl (C=O) groups is 2. The van der Waals surface area contributed by atoms with E-state index >= 15 is 0 Å². The standard InChI is InChI=1S/C20H16N4O2/c1-12-7-9-13(10-8-12)19-22-17(18(21)26)15-11-16(25)24(20(15)23-19)14-5-3-2-4-6-14/h2-10H,11H2,1H3,(H2,21,26). The number of primary amides is 1. The monoisotopic (exact) mass is 344 g/mol. The Morgan fingerprint density at radius 3 is 2.38 bits per heavy atom. The van der Waals surface area contributed by atoms with E-state index in [4.69, 9.17) is 5.73 Å². The minimum Gasteiger partial charge on any atom is -0.364 e. The molecule has 2 N–H and O–H groups in total. The molecule has 6 nitrogen and oxygen atoms in total. The molecule has 3 aromatic rings. The first-order valence-electron chi connectivity index (χ1n) is 8.20. The van der Waals surface area contributed by atoms with Crippen LogP contribution in [-0.4, -0.2) is 21.8 Å². The number of amides is 2. The van der Waals surface area contributed by atoms with Gasteiger partial charge in [0.15, 0.2) is 5.82 Å². The Balaban J connectivity index is 1.92. The van der Waals surface area contributed by atoms with Gasteiger partial charge < -0.3 is 5.73 Å². The first-order valence-corrected chi connectivity index (χ1v) is 8.20. The predicted octanol–water partition coefficient (Wildman–Crippen LogP) is 2.77. The van der Waals surface area contributed by atoms with E-state index in [0.717, 1.165) is 11.1 Å². The molecule has 0 radical (unpaired) electrons. The summed E-state index contributed by atoms with van der Waals surface area (Å²) in [6.45, 7) is 1.98. The van der Waals surface area contributed by atoms with Crippen molar-refractivity contribution in [2.45, 2.75) is 13.3 Å². The second-order valence-electron chi connectivity index (χ2n) is 6.17. The second kappa shape index (κ2) is 6.07. The van der Waals surface area contributed by atoms with Crippen LogP contribution in [0, 0.1) is 6.92 Å². The fourth-order valence-corrected chi connectivity index (χ4v) is 3.05. The molecule has 0 unspecified atom stereocenters. The van der Waals surface area contributed by atoms with Gasteiger partial charge in [-0.1, -0.05) is 48.0 Å². The van der Waals surface area contributed by atoms with Gasteiger partial charge >= 0.3 is 0 Å². The van der Waals surface area contributed by atoms with Crippen molar-refractivity contribution in [3.8, 4) is 11.4 Å². The Kier molecular flexibility index (Phi) is 3.73. The molecule has 2 amide bonds. The first kappa shape index (κ1) is 16.0. The molecule has 2 aromatic carbocycles. The summed E-state index contributed by atoms with van der Waals surface area (Å²) in [4.78, 5) is 35.0. The van der Waals surface area contributed by atoms with Crippen molar-refractivity contribution in [1.29, 1.82) is 0 Å². The summed E-state index contributed by atoms with van der Waals surface area (Å²) in [5.41, 5.74) is 8.65. The van der Waals surface area contributed by atoms with Crippen LogP contribution >= 0.6 is 0 Å². The Labute approximate surface area is 150 Å². The summed E-state index contributed by atoms with van der Waals surface area (Å²) < 4.78 is 0. The number of hydrogen-bond acceptors (Lipinski definition) is 4. The lowest BCUT2D eigenvalue weighted by Gasteiger charge is -2.17. The molecule has 0 atom stereocenters. The lowest BCUT2D eigenvalue weighted by molar-refractivity contribution is -0.116. The van der Waals surface area contributed by atoms with Crippen LogP contribution in [-0.2, 0) is 11.2 Å². The molecule has 1 aromatic heterocycles. The molecule has 0 spiro atoms. The third-order valence-electron chi connectivity index (χ3n) is 4.33. The highest BCUT2D eigenvalue weighted by molar-refractivity contribution is 6.09. The molecule has 6 heteroatoms. The second-order valence-corrected chi connectivity index (χ2v) is 6.17. The van der Waals surface area contributed by atoms with E-state index in [-0.39, 0.29) is 18.0 Å². The molecule has 2 heterocycles. The lowest BCUT2D eigenvalue weighted by atomic mass is 10.1. The van der Waals surface area contributed by atoms with Crippen LogP contribution in [0.4, 0.5) is 11.5 Å². The molecule has 26 heavy (non-hydrogen) atoms. The van der Waals surface area contributed by atoms with Crippen molar-refractivity contribution >= 4 is 23.3 Å². The van der Waals surface area contributed by atoms with Crippen LogP contribution < -0.4 is 10.6 Å². The van der Waals surface area contributed by atoms with Crippen molar-refractivity contribution < 1.29 is 9.59 Å². The van der Waals surface area contributed by atoms with E-state index in [1.54, 1.807) is 0 Å². The lowest BCUT2D eigenvalue weighted by Crippen LogP contribution is -2.21. The van der Waals surface area contributed by atoms with Crippen molar-refractivity contribution in [2.75, 3.05) is 4.90 Å². The molecule has 0 saturated carbocycles. The molecule has 128 valence electrons. The molecule has 1 aliphatic rings. The summed E-state index contributed by atoms with van der Waals surface area (Å²) in [6.07, 6.45) is 0.0523. The number of fused-ring (bicyclic) bond motifs is 1. The summed E-state index contributed by atoms with van der Waals surface area (Å²) in [7, 11) is 0. The van der Waals surface area contributed by atoms with Crippen molar-refractivity contribution in [3.63, 3.8) is 0 Å². The Morgan fingerprint density at radius 1 is 1.04 bits per heavy atom. The fraction of sp³-hybridized carbons (Fsp3) is 0.100. The third-order valence-corrected chi connectivity index (χ3v) is 4.33. The Morgan fingerprint density at radius 2 is 1.73 bits per heavy atom. The largest absolute Gasteiger partial charge is 0.364 e. The number of hydrogen-bond donors (Lipinski definition) is 1. The average Bonchev–Trinajstić information content (AvgIpc) is 2.97. The number of nitrogens with zero attached hydrogens (tertiary/aromatic N) is 3. The normalized spacial score (nSPS) is 13.0. The highest BCUT2D eigenvalue weighted by Crippen LogP contribution is 2.36.